The number of rotatable bonds is 3. The summed E-state index contributed by atoms with van der Waals surface area (Å²) in [7, 11) is 0. The van der Waals surface area contributed by atoms with Gasteiger partial charge in [0.15, 0.2) is 6.04 Å². The van der Waals surface area contributed by atoms with Gasteiger partial charge in [0.25, 0.3) is 0 Å². The van der Waals surface area contributed by atoms with Crippen molar-refractivity contribution in [1.29, 1.82) is 0 Å². The van der Waals surface area contributed by atoms with E-state index < -0.39 is 29.9 Å². The molecule has 98 valence electrons. The third kappa shape index (κ3) is 3.44. The molecular weight excluding hydrogens is 258 g/mol. The molecule has 0 bridgehead atoms. The molecule has 1 aromatic rings. The van der Waals surface area contributed by atoms with Crippen molar-refractivity contribution in [2.45, 2.75) is 12.2 Å². The van der Waals surface area contributed by atoms with Crippen LogP contribution in [0, 0.1) is 5.82 Å². The van der Waals surface area contributed by atoms with Crippen LogP contribution < -0.4 is 5.32 Å². The lowest BCUT2D eigenvalue weighted by atomic mass is 10.1. The Hall–Kier alpha value is -2.12. The second-order valence-corrected chi connectivity index (χ2v) is 3.30. The molecule has 2 N–H and O–H groups in total. The van der Waals surface area contributed by atoms with Crippen LogP contribution in [0.15, 0.2) is 24.3 Å². The zero-order valence-corrected chi connectivity index (χ0v) is 8.66. The Morgan fingerprint density at radius 1 is 1.28 bits per heavy atom. The minimum absolute atomic E-state index is 0.292. The van der Waals surface area contributed by atoms with Crippen molar-refractivity contribution in [1.82, 2.24) is 5.32 Å². The van der Waals surface area contributed by atoms with Crippen LogP contribution in [0.5, 0.6) is 0 Å². The maximum atomic E-state index is 12.8. The number of benzene rings is 1. The number of carbonyl (C=O) groups excluding carboxylic acids is 1. The minimum Gasteiger partial charge on any atom is -0.479 e. The van der Waals surface area contributed by atoms with Gasteiger partial charge in [-0.25, -0.2) is 9.18 Å². The van der Waals surface area contributed by atoms with E-state index in [0.29, 0.717) is 0 Å². The summed E-state index contributed by atoms with van der Waals surface area (Å²) in [5.41, 5.74) is -0.292. The molecule has 1 aromatic carbocycles. The highest BCUT2D eigenvalue weighted by atomic mass is 19.4. The predicted molar refractivity (Wildman–Crippen MR) is 51.0 cm³/mol. The average Bonchev–Trinajstić information content (AvgIpc) is 2.23. The topological polar surface area (TPSA) is 66.4 Å². The van der Waals surface area contributed by atoms with Gasteiger partial charge >= 0.3 is 18.1 Å². The van der Waals surface area contributed by atoms with Gasteiger partial charge in [-0.1, -0.05) is 12.1 Å². The summed E-state index contributed by atoms with van der Waals surface area (Å²) >= 11 is 0. The quantitative estimate of drug-likeness (QED) is 0.816. The molecule has 0 aromatic heterocycles. The van der Waals surface area contributed by atoms with E-state index in [0.717, 1.165) is 24.3 Å². The van der Waals surface area contributed by atoms with Gasteiger partial charge in [0.2, 0.25) is 0 Å². The Bertz CT molecular complexity index is 472. The third-order valence-corrected chi connectivity index (χ3v) is 1.96. The number of hydrogen-bond acceptors (Lipinski definition) is 2. The third-order valence-electron chi connectivity index (χ3n) is 1.96. The molecule has 0 aliphatic heterocycles. The van der Waals surface area contributed by atoms with Crippen molar-refractivity contribution < 1.29 is 32.3 Å². The van der Waals surface area contributed by atoms with Gasteiger partial charge in [0.1, 0.15) is 5.82 Å². The van der Waals surface area contributed by atoms with Gasteiger partial charge < -0.3 is 10.4 Å². The number of amides is 1. The Balaban J connectivity index is 2.98. The monoisotopic (exact) mass is 265 g/mol. The van der Waals surface area contributed by atoms with E-state index in [1.165, 1.54) is 5.32 Å². The molecule has 0 spiro atoms. The van der Waals surface area contributed by atoms with Crippen molar-refractivity contribution in [3.05, 3.63) is 35.6 Å². The van der Waals surface area contributed by atoms with Crippen LogP contribution in [0.3, 0.4) is 0 Å². The zero-order valence-electron chi connectivity index (χ0n) is 8.66. The summed E-state index contributed by atoms with van der Waals surface area (Å²) in [4.78, 5) is 21.4. The highest BCUT2D eigenvalue weighted by molar-refractivity contribution is 5.87. The van der Waals surface area contributed by atoms with E-state index >= 15 is 0 Å². The van der Waals surface area contributed by atoms with Crippen molar-refractivity contribution in [3.8, 4) is 0 Å². The Kier molecular flexibility index (Phi) is 3.89. The lowest BCUT2D eigenvalue weighted by Crippen LogP contribution is -2.41. The lowest BCUT2D eigenvalue weighted by molar-refractivity contribution is -0.175. The van der Waals surface area contributed by atoms with Crippen LogP contribution in [0.25, 0.3) is 0 Å². The Labute approximate surface area is 98.2 Å². The Morgan fingerprint density at radius 3 is 2.33 bits per heavy atom. The molecule has 1 unspecified atom stereocenters. The highest BCUT2D eigenvalue weighted by Gasteiger charge is 2.41. The van der Waals surface area contributed by atoms with E-state index in [9.17, 15) is 27.2 Å². The molecule has 0 fully saturated rings. The second-order valence-electron chi connectivity index (χ2n) is 3.30. The summed E-state index contributed by atoms with van der Waals surface area (Å²) in [6, 6.07) is 1.98. The number of halogens is 4. The smallest absolute Gasteiger partial charge is 0.471 e. The average molecular weight is 265 g/mol. The van der Waals surface area contributed by atoms with Crippen LogP contribution in [0.1, 0.15) is 11.6 Å². The molecular formula is C10H7F4NO3. The fraction of sp³-hybridized carbons (Fsp3) is 0.200. The van der Waals surface area contributed by atoms with Crippen LogP contribution >= 0.6 is 0 Å². The summed E-state index contributed by atoms with van der Waals surface area (Å²) in [6.45, 7) is 0. The van der Waals surface area contributed by atoms with Gasteiger partial charge in [-0.05, 0) is 17.7 Å². The summed E-state index contributed by atoms with van der Waals surface area (Å²) in [5.74, 6) is -4.95. The molecule has 0 saturated heterocycles. The molecule has 1 atom stereocenters. The molecule has 4 nitrogen and oxygen atoms in total. The highest BCUT2D eigenvalue weighted by Crippen LogP contribution is 2.19. The molecule has 0 heterocycles. The molecule has 0 radical (unpaired) electrons. The SMILES string of the molecule is O=C(O)C(NC(=O)C(F)(F)F)c1cccc(F)c1. The lowest BCUT2D eigenvalue weighted by Gasteiger charge is -2.15. The van der Waals surface area contributed by atoms with Gasteiger partial charge in [0.05, 0.1) is 0 Å². The van der Waals surface area contributed by atoms with Crippen LogP contribution in [0.4, 0.5) is 17.6 Å². The van der Waals surface area contributed by atoms with E-state index in [-0.39, 0.29) is 5.56 Å². The van der Waals surface area contributed by atoms with Gasteiger partial charge in [-0.15, -0.1) is 0 Å². The number of carbonyl (C=O) groups is 2. The standard InChI is InChI=1S/C10H7F4NO3/c11-6-3-1-2-5(4-6)7(8(16)17)15-9(18)10(12,13)14/h1-4,7H,(H,15,18)(H,16,17). The van der Waals surface area contributed by atoms with Gasteiger partial charge in [0, 0.05) is 0 Å². The number of aliphatic carboxylic acids is 1. The van der Waals surface area contributed by atoms with E-state index in [1.807, 2.05) is 0 Å². The van der Waals surface area contributed by atoms with Gasteiger partial charge in [-0.3, -0.25) is 4.79 Å². The number of alkyl halides is 3. The first-order valence-corrected chi connectivity index (χ1v) is 4.58. The zero-order chi connectivity index (χ0) is 13.9. The van der Waals surface area contributed by atoms with Crippen molar-refractivity contribution >= 4 is 11.9 Å². The second kappa shape index (κ2) is 5.03. The summed E-state index contributed by atoms with van der Waals surface area (Å²) in [6.07, 6.45) is -5.21. The number of carboxylic acid groups (broad SMARTS) is 1. The predicted octanol–water partition coefficient (Wildman–Crippen LogP) is 1.63. The summed E-state index contributed by atoms with van der Waals surface area (Å²) < 4.78 is 48.8. The van der Waals surface area contributed by atoms with E-state index in [1.54, 1.807) is 0 Å². The normalized spacial score (nSPS) is 12.9. The molecule has 1 rings (SSSR count). The molecule has 0 saturated carbocycles. The van der Waals surface area contributed by atoms with Crippen molar-refractivity contribution in [3.63, 3.8) is 0 Å². The first kappa shape index (κ1) is 13.9. The molecule has 8 heteroatoms. The van der Waals surface area contributed by atoms with Crippen LogP contribution in [-0.2, 0) is 9.59 Å². The molecule has 0 aliphatic carbocycles. The van der Waals surface area contributed by atoms with Gasteiger partial charge in [-0.2, -0.15) is 13.2 Å². The first-order valence-electron chi connectivity index (χ1n) is 4.58. The number of nitrogens with one attached hydrogen (secondary N) is 1. The molecule has 0 aliphatic rings. The minimum atomic E-state index is -5.21. The maximum Gasteiger partial charge on any atom is 0.471 e. The molecule has 18 heavy (non-hydrogen) atoms. The van der Waals surface area contributed by atoms with Crippen LogP contribution in [0.2, 0.25) is 0 Å². The van der Waals surface area contributed by atoms with E-state index in [4.69, 9.17) is 5.11 Å². The Morgan fingerprint density at radius 2 is 1.89 bits per heavy atom. The molecule has 1 amide bonds. The first-order chi connectivity index (χ1) is 8.21. The number of hydrogen-bond donors (Lipinski definition) is 2. The fourth-order valence-corrected chi connectivity index (χ4v) is 1.19. The maximum absolute atomic E-state index is 12.8. The summed E-state index contributed by atoms with van der Waals surface area (Å²) in [5, 5.41) is 10.00. The van der Waals surface area contributed by atoms with E-state index in [2.05, 4.69) is 0 Å². The van der Waals surface area contributed by atoms with Crippen LogP contribution in [-0.4, -0.2) is 23.2 Å². The largest absolute Gasteiger partial charge is 0.479 e. The number of carboxylic acids is 1. The van der Waals surface area contributed by atoms with Crippen molar-refractivity contribution in [2.24, 2.45) is 0 Å². The van der Waals surface area contributed by atoms with Crippen molar-refractivity contribution in [2.75, 3.05) is 0 Å². The fourth-order valence-electron chi connectivity index (χ4n) is 1.19.